The number of benzene rings is 1. The maximum Gasteiger partial charge on any atom is 0.120 e. The third-order valence-corrected chi connectivity index (χ3v) is 2.14. The Morgan fingerprint density at radius 1 is 1.40 bits per heavy atom. The number of hydrogen-bond acceptors (Lipinski definition) is 3. The zero-order chi connectivity index (χ0) is 11.3. The van der Waals surface area contributed by atoms with Gasteiger partial charge in [-0.3, -0.25) is 0 Å². The van der Waals surface area contributed by atoms with Crippen molar-refractivity contribution in [2.24, 2.45) is 0 Å². The van der Waals surface area contributed by atoms with E-state index in [0.29, 0.717) is 13.2 Å². The van der Waals surface area contributed by atoms with E-state index in [1.54, 1.807) is 0 Å². The number of aryl methyl sites for hydroxylation is 1. The lowest BCUT2D eigenvalue weighted by Gasteiger charge is -2.15. The Morgan fingerprint density at radius 2 is 2.13 bits per heavy atom. The van der Waals surface area contributed by atoms with Crippen LogP contribution in [-0.2, 0) is 4.74 Å². The van der Waals surface area contributed by atoms with E-state index in [1.165, 1.54) is 0 Å². The lowest BCUT2D eigenvalue weighted by molar-refractivity contribution is 0.0657. The van der Waals surface area contributed by atoms with Crippen molar-refractivity contribution in [2.45, 2.75) is 26.9 Å². The van der Waals surface area contributed by atoms with E-state index in [4.69, 9.17) is 15.2 Å². The van der Waals surface area contributed by atoms with E-state index in [0.717, 1.165) is 17.0 Å². The Bertz CT molecular complexity index is 312. The predicted molar refractivity (Wildman–Crippen MR) is 62.2 cm³/mol. The van der Waals surface area contributed by atoms with Crippen molar-refractivity contribution in [1.29, 1.82) is 0 Å². The van der Waals surface area contributed by atoms with Crippen LogP contribution in [0.1, 0.15) is 19.4 Å². The van der Waals surface area contributed by atoms with E-state index in [-0.39, 0.29) is 6.10 Å². The second-order valence-electron chi connectivity index (χ2n) is 3.61. The Hall–Kier alpha value is -1.22. The van der Waals surface area contributed by atoms with Crippen LogP contribution in [0.4, 0.5) is 5.69 Å². The number of nitrogen functional groups attached to an aromatic ring is 1. The van der Waals surface area contributed by atoms with Crippen LogP contribution in [0.2, 0.25) is 0 Å². The summed E-state index contributed by atoms with van der Waals surface area (Å²) in [6.45, 7) is 7.26. The topological polar surface area (TPSA) is 44.5 Å². The van der Waals surface area contributed by atoms with Crippen molar-refractivity contribution >= 4 is 5.69 Å². The normalized spacial score (nSPS) is 12.5. The van der Waals surface area contributed by atoms with Gasteiger partial charge in [0.1, 0.15) is 11.9 Å². The molecule has 1 aromatic rings. The van der Waals surface area contributed by atoms with E-state index in [9.17, 15) is 0 Å². The second-order valence-corrected chi connectivity index (χ2v) is 3.61. The molecule has 1 atom stereocenters. The highest BCUT2D eigenvalue weighted by Gasteiger charge is 2.04. The van der Waals surface area contributed by atoms with Crippen molar-refractivity contribution < 1.29 is 9.47 Å². The first-order valence-corrected chi connectivity index (χ1v) is 5.24. The third kappa shape index (κ3) is 3.80. The van der Waals surface area contributed by atoms with Crippen molar-refractivity contribution in [2.75, 3.05) is 18.9 Å². The molecule has 0 saturated carbocycles. The fraction of sp³-hybridized carbons (Fsp3) is 0.500. The summed E-state index contributed by atoms with van der Waals surface area (Å²) in [6, 6.07) is 5.68. The summed E-state index contributed by atoms with van der Waals surface area (Å²) in [6.07, 6.45) is 0.0629. The van der Waals surface area contributed by atoms with Crippen molar-refractivity contribution in [1.82, 2.24) is 0 Å². The van der Waals surface area contributed by atoms with Crippen LogP contribution in [-0.4, -0.2) is 19.3 Å². The van der Waals surface area contributed by atoms with Crippen LogP contribution in [0, 0.1) is 6.92 Å². The lowest BCUT2D eigenvalue weighted by atomic mass is 10.2. The Morgan fingerprint density at radius 3 is 2.73 bits per heavy atom. The van der Waals surface area contributed by atoms with Crippen LogP contribution < -0.4 is 10.5 Å². The average molecular weight is 209 g/mol. The van der Waals surface area contributed by atoms with Crippen molar-refractivity contribution in [3.05, 3.63) is 23.8 Å². The molecule has 3 heteroatoms. The summed E-state index contributed by atoms with van der Waals surface area (Å²) in [5, 5.41) is 0. The number of ether oxygens (including phenoxy) is 2. The van der Waals surface area contributed by atoms with Gasteiger partial charge >= 0.3 is 0 Å². The summed E-state index contributed by atoms with van der Waals surface area (Å²) in [7, 11) is 0. The average Bonchev–Trinajstić information content (AvgIpc) is 2.20. The molecule has 0 spiro atoms. The summed E-state index contributed by atoms with van der Waals surface area (Å²) in [4.78, 5) is 0. The van der Waals surface area contributed by atoms with Gasteiger partial charge in [0.05, 0.1) is 6.61 Å². The molecule has 1 rings (SSSR count). The SMILES string of the molecule is CCOCC(C)Oc1ccc(N)c(C)c1. The molecule has 0 amide bonds. The van der Waals surface area contributed by atoms with Gasteiger partial charge in [-0.25, -0.2) is 0 Å². The molecular weight excluding hydrogens is 190 g/mol. The quantitative estimate of drug-likeness (QED) is 0.757. The number of anilines is 1. The van der Waals surface area contributed by atoms with E-state index in [2.05, 4.69) is 0 Å². The number of rotatable bonds is 5. The minimum Gasteiger partial charge on any atom is -0.488 e. The molecule has 0 aliphatic rings. The highest BCUT2D eigenvalue weighted by Crippen LogP contribution is 2.19. The van der Waals surface area contributed by atoms with Gasteiger partial charge in [-0.15, -0.1) is 0 Å². The van der Waals surface area contributed by atoms with E-state index in [1.807, 2.05) is 39.0 Å². The summed E-state index contributed by atoms with van der Waals surface area (Å²) in [5.41, 5.74) is 7.55. The highest BCUT2D eigenvalue weighted by atomic mass is 16.5. The van der Waals surface area contributed by atoms with Gasteiger partial charge in [0.2, 0.25) is 0 Å². The predicted octanol–water partition coefficient (Wildman–Crippen LogP) is 2.38. The molecule has 2 N–H and O–H groups in total. The van der Waals surface area contributed by atoms with Crippen LogP contribution in [0.3, 0.4) is 0 Å². The first-order valence-electron chi connectivity index (χ1n) is 5.24. The van der Waals surface area contributed by atoms with Crippen LogP contribution >= 0.6 is 0 Å². The van der Waals surface area contributed by atoms with Gasteiger partial charge in [0.15, 0.2) is 0 Å². The molecule has 0 radical (unpaired) electrons. The minimum atomic E-state index is 0.0629. The van der Waals surface area contributed by atoms with E-state index < -0.39 is 0 Å². The molecule has 0 fully saturated rings. The third-order valence-electron chi connectivity index (χ3n) is 2.14. The van der Waals surface area contributed by atoms with E-state index >= 15 is 0 Å². The van der Waals surface area contributed by atoms with Gasteiger partial charge in [0, 0.05) is 12.3 Å². The Labute approximate surface area is 91.2 Å². The fourth-order valence-electron chi connectivity index (χ4n) is 1.27. The molecule has 0 aliphatic heterocycles. The Balaban J connectivity index is 2.53. The molecule has 0 heterocycles. The first kappa shape index (κ1) is 11.9. The maximum absolute atomic E-state index is 5.72. The second kappa shape index (κ2) is 5.61. The molecule has 0 bridgehead atoms. The van der Waals surface area contributed by atoms with Gasteiger partial charge in [0.25, 0.3) is 0 Å². The minimum absolute atomic E-state index is 0.0629. The molecule has 1 aromatic carbocycles. The van der Waals surface area contributed by atoms with Gasteiger partial charge < -0.3 is 15.2 Å². The van der Waals surface area contributed by atoms with Gasteiger partial charge in [-0.05, 0) is 44.5 Å². The van der Waals surface area contributed by atoms with Crippen LogP contribution in [0.5, 0.6) is 5.75 Å². The monoisotopic (exact) mass is 209 g/mol. The lowest BCUT2D eigenvalue weighted by Crippen LogP contribution is -2.19. The molecule has 0 aliphatic carbocycles. The van der Waals surface area contributed by atoms with Gasteiger partial charge in [-0.1, -0.05) is 0 Å². The standard InChI is InChI=1S/C12H19NO2/c1-4-14-8-10(3)15-11-5-6-12(13)9(2)7-11/h5-7,10H,4,8,13H2,1-3H3. The molecule has 0 saturated heterocycles. The molecule has 3 nitrogen and oxygen atoms in total. The largest absolute Gasteiger partial charge is 0.488 e. The summed E-state index contributed by atoms with van der Waals surface area (Å²) in [5.74, 6) is 0.842. The zero-order valence-corrected chi connectivity index (χ0v) is 9.62. The smallest absolute Gasteiger partial charge is 0.120 e. The number of nitrogens with two attached hydrogens (primary N) is 1. The molecular formula is C12H19NO2. The van der Waals surface area contributed by atoms with Crippen molar-refractivity contribution in [3.8, 4) is 5.75 Å². The summed E-state index contributed by atoms with van der Waals surface area (Å²) < 4.78 is 10.9. The van der Waals surface area contributed by atoms with Crippen LogP contribution in [0.15, 0.2) is 18.2 Å². The molecule has 0 aromatic heterocycles. The summed E-state index contributed by atoms with van der Waals surface area (Å²) >= 11 is 0. The molecule has 84 valence electrons. The van der Waals surface area contributed by atoms with Crippen LogP contribution in [0.25, 0.3) is 0 Å². The fourth-order valence-corrected chi connectivity index (χ4v) is 1.27. The maximum atomic E-state index is 5.72. The first-order chi connectivity index (χ1) is 7.13. The highest BCUT2D eigenvalue weighted by molar-refractivity contribution is 5.49. The zero-order valence-electron chi connectivity index (χ0n) is 9.62. The van der Waals surface area contributed by atoms with Crippen molar-refractivity contribution in [3.63, 3.8) is 0 Å². The number of hydrogen-bond donors (Lipinski definition) is 1. The molecule has 15 heavy (non-hydrogen) atoms. The van der Waals surface area contributed by atoms with Gasteiger partial charge in [-0.2, -0.15) is 0 Å². The Kier molecular flexibility index (Phi) is 4.43. The molecule has 1 unspecified atom stereocenters.